The molecule has 19 atom stereocenters. The summed E-state index contributed by atoms with van der Waals surface area (Å²) >= 11 is 0. The Hall–Kier alpha value is -8.12. The molecule has 520 valence electrons. The van der Waals surface area contributed by atoms with Crippen LogP contribution < -0.4 is 53.6 Å². The maximum Gasteiger partial charge on any atom is 0.364 e. The van der Waals surface area contributed by atoms with Gasteiger partial charge < -0.3 is 128 Å². The lowest BCUT2D eigenvalue weighted by Gasteiger charge is -2.48. The molecule has 0 saturated carbocycles. The van der Waals surface area contributed by atoms with Crippen LogP contribution in [0.3, 0.4) is 0 Å². The molecule has 4 fully saturated rings. The van der Waals surface area contributed by atoms with E-state index in [1.54, 1.807) is 0 Å². The third kappa shape index (κ3) is 20.2. The number of hydrogen-bond donors (Lipinski definition) is 19. The number of carboxylic acids is 1. The van der Waals surface area contributed by atoms with Gasteiger partial charge in [0.1, 0.15) is 90.8 Å². The van der Waals surface area contributed by atoms with E-state index < -0.39 is 231 Å². The predicted molar refractivity (Wildman–Crippen MR) is 308 cm³/mol. The number of primary amides is 1. The molecule has 5 heterocycles. The maximum atomic E-state index is 14.6. The number of imidazole rings is 1. The average molecular weight is 1330 g/mol. The van der Waals surface area contributed by atoms with Gasteiger partial charge in [0, 0.05) is 59.1 Å². The fraction of sp³-hybridized carbons (Fsp3) is 0.704. The molecule has 5 rings (SSSR count). The Morgan fingerprint density at radius 3 is 1.98 bits per heavy atom. The number of carboxylic acid groups (broad SMARTS) is 1. The van der Waals surface area contributed by atoms with Crippen LogP contribution in [0, 0.1) is 0 Å². The van der Waals surface area contributed by atoms with Crippen LogP contribution in [-0.2, 0) is 87.7 Å². The normalized spacial score (nSPS) is 27.0. The Morgan fingerprint density at radius 2 is 1.39 bits per heavy atom. The monoisotopic (exact) mass is 1330 g/mol. The predicted octanol–water partition coefficient (Wildman–Crippen LogP) is -11.3. The van der Waals surface area contributed by atoms with Gasteiger partial charge in [0.2, 0.25) is 70.9 Å². The Labute approximate surface area is 530 Å². The van der Waals surface area contributed by atoms with Crippen molar-refractivity contribution in [2.24, 2.45) is 5.73 Å². The van der Waals surface area contributed by atoms with Gasteiger partial charge in [-0.15, -0.1) is 0 Å². The van der Waals surface area contributed by atoms with Crippen LogP contribution in [0.25, 0.3) is 0 Å². The van der Waals surface area contributed by atoms with Gasteiger partial charge in [-0.1, -0.05) is 0 Å². The Kier molecular flexibility index (Phi) is 27.8. The number of aromatic nitrogens is 2. The van der Waals surface area contributed by atoms with E-state index in [4.69, 9.17) is 24.7 Å². The molecular weight excluding hydrogens is 1240 g/mol. The van der Waals surface area contributed by atoms with E-state index in [0.717, 1.165) is 32.6 Å². The van der Waals surface area contributed by atoms with Gasteiger partial charge in [0.15, 0.2) is 6.29 Å². The van der Waals surface area contributed by atoms with Crippen molar-refractivity contribution in [3.63, 3.8) is 0 Å². The zero-order valence-electron chi connectivity index (χ0n) is 51.7. The second-order valence-electron chi connectivity index (χ2n) is 22.8. The lowest BCUT2D eigenvalue weighted by Crippen LogP contribution is -2.69. The average Bonchev–Trinajstić information content (AvgIpc) is 1.32. The minimum Gasteiger partial charge on any atom is -0.477 e. The number of aromatic amines is 1. The van der Waals surface area contributed by atoms with Crippen LogP contribution >= 0.6 is 0 Å². The van der Waals surface area contributed by atoms with Crippen LogP contribution in [-0.4, -0.2) is 299 Å². The highest BCUT2D eigenvalue weighted by Crippen LogP contribution is 2.35. The van der Waals surface area contributed by atoms with Crippen molar-refractivity contribution in [1.29, 1.82) is 0 Å². The zero-order chi connectivity index (χ0) is 69.3. The molecule has 0 radical (unpaired) electrons. The number of likely N-dealkylation sites (tertiary alicyclic amines) is 2. The number of nitrogens with one attached hydrogen (secondary N) is 10. The van der Waals surface area contributed by atoms with Gasteiger partial charge in [-0.25, -0.2) is 9.78 Å². The number of ether oxygens (including phenoxy) is 4. The molecule has 1 aromatic heterocycles. The second-order valence-corrected chi connectivity index (χ2v) is 22.8. The second kappa shape index (κ2) is 34.2. The fourth-order valence-corrected chi connectivity index (χ4v) is 10.8. The quantitative estimate of drug-likeness (QED) is 0.0328. The number of amides is 12. The summed E-state index contributed by atoms with van der Waals surface area (Å²) in [5.74, 6) is -15.2. The number of nitrogens with zero attached hydrogens (tertiary/aromatic N) is 3. The molecule has 0 aromatic carbocycles. The summed E-state index contributed by atoms with van der Waals surface area (Å²) < 4.78 is 23.4. The van der Waals surface area contributed by atoms with Gasteiger partial charge in [-0.05, 0) is 46.5 Å². The molecule has 0 bridgehead atoms. The number of nitrogens with two attached hydrogens (primary N) is 1. The van der Waals surface area contributed by atoms with Crippen LogP contribution in [0.2, 0.25) is 0 Å². The summed E-state index contributed by atoms with van der Waals surface area (Å²) in [6.07, 6.45) is -15.5. The fourth-order valence-electron chi connectivity index (χ4n) is 10.8. The van der Waals surface area contributed by atoms with Crippen LogP contribution in [0.1, 0.15) is 79.5 Å². The number of rotatable bonds is 31. The maximum absolute atomic E-state index is 14.6. The van der Waals surface area contributed by atoms with Crippen molar-refractivity contribution in [2.75, 3.05) is 46.0 Å². The third-order valence-corrected chi connectivity index (χ3v) is 15.6. The summed E-state index contributed by atoms with van der Waals surface area (Å²) in [7, 11) is 0. The van der Waals surface area contributed by atoms with Crippen molar-refractivity contribution in [3.8, 4) is 0 Å². The highest BCUT2D eigenvalue weighted by Gasteiger charge is 2.57. The van der Waals surface area contributed by atoms with E-state index in [-0.39, 0.29) is 38.8 Å². The molecule has 0 unspecified atom stereocenters. The van der Waals surface area contributed by atoms with Crippen molar-refractivity contribution < 1.29 is 122 Å². The van der Waals surface area contributed by atoms with E-state index in [1.807, 2.05) is 0 Å². The molecule has 93 heavy (non-hydrogen) atoms. The number of aliphatic hydroxyl groups is 7. The van der Waals surface area contributed by atoms with Gasteiger partial charge in [-0.3, -0.25) is 57.5 Å². The Morgan fingerprint density at radius 1 is 0.742 bits per heavy atom. The molecule has 12 amide bonds. The minimum absolute atomic E-state index is 0.0323. The first-order valence-electron chi connectivity index (χ1n) is 29.7. The molecule has 4 saturated heterocycles. The van der Waals surface area contributed by atoms with Crippen LogP contribution in [0.15, 0.2) is 12.4 Å². The number of hydrogen-bond acceptors (Lipinski definition) is 25. The molecule has 39 nitrogen and oxygen atoms in total. The summed E-state index contributed by atoms with van der Waals surface area (Å²) in [6, 6.07) is -13.7. The number of aliphatic carboxylic acids is 1. The molecule has 0 aliphatic carbocycles. The van der Waals surface area contributed by atoms with Gasteiger partial charge in [0.25, 0.3) is 5.79 Å². The zero-order valence-corrected chi connectivity index (χ0v) is 51.7. The smallest absolute Gasteiger partial charge is 0.364 e. The first-order valence-corrected chi connectivity index (χ1v) is 29.7. The summed E-state index contributed by atoms with van der Waals surface area (Å²) in [6.45, 7) is 2.26. The van der Waals surface area contributed by atoms with E-state index in [0.29, 0.717) is 12.2 Å². The van der Waals surface area contributed by atoms with Crippen molar-refractivity contribution >= 4 is 76.9 Å². The molecule has 1 aromatic rings. The van der Waals surface area contributed by atoms with E-state index in [2.05, 4.69) is 57.8 Å². The van der Waals surface area contributed by atoms with E-state index >= 15 is 0 Å². The van der Waals surface area contributed by atoms with Crippen LogP contribution in [0.5, 0.6) is 0 Å². The number of carbonyl (C=O) groups excluding carboxylic acids is 12. The van der Waals surface area contributed by atoms with Crippen LogP contribution in [0.4, 0.5) is 0 Å². The Balaban J connectivity index is 1.36. The first-order chi connectivity index (χ1) is 43.7. The van der Waals surface area contributed by atoms with Crippen molar-refractivity contribution in [1.82, 2.24) is 67.6 Å². The minimum atomic E-state index is -3.01. The molecule has 4 aliphatic rings. The molecular formula is C54H84N14O25. The standard InChI is InChI=1S/C54H84N14O25/c1-22(45(81)65-28(15-36-56-11-12-57-36)46(82)59-17-35(55)76)60-48(84)30-9-7-13-67(30)51(87)31-10-8-14-68(31)50(86)23(2)61-49(85)38(66-47(83)29(19-69)64-37(77)18-58-25(4)71)24(3)91-52-40(63-27(6)73)43(80)42(79)34(92-52)21-90-54(53(88)89)16-32(74)39(62-26(5)72)44(93-54)41(78)33(75)20-70/h11-12,22-24,28-34,38-44,52,69-70,74-75,78-80H,7-10,13-21H2,1-6H3,(H2,55,76)(H,56,57)(H,58,71)(H,59,82)(H,60,84)(H,61,85)(H,62,72)(H,63,73)(H,64,77)(H,65,81)(H,66,83)(H,88,89)/t22-,23-,24+,28-,29-,30-,31-,32-,33+,34+,38-,39+,40+,41+,42-,43+,44+,52-,54+/m0/s1. The van der Waals surface area contributed by atoms with E-state index in [1.165, 1.54) is 31.1 Å². The molecule has 0 spiro atoms. The summed E-state index contributed by atoms with van der Waals surface area (Å²) in [5.41, 5.74) is 5.16. The van der Waals surface area contributed by atoms with E-state index in [9.17, 15) is 103 Å². The first kappa shape index (κ1) is 75.6. The third-order valence-electron chi connectivity index (χ3n) is 15.6. The molecule has 39 heteroatoms. The van der Waals surface area contributed by atoms with Gasteiger partial charge in [0.05, 0.1) is 51.2 Å². The molecule has 20 N–H and O–H groups in total. The van der Waals surface area contributed by atoms with Gasteiger partial charge in [-0.2, -0.15) is 0 Å². The topological polar surface area (TPSA) is 590 Å². The lowest BCUT2D eigenvalue weighted by atomic mass is 9.88. The SMILES string of the molecule is CC(=O)NCC(=O)N[C@@H](CO)C(=O)N[C@H](C(=O)N[C@@H](C)C(=O)N1CCC[C@H]1C(=O)N1CCC[C@H]1C(=O)N[C@@H](C)C(=O)N[C@@H](Cc1ncc[nH]1)C(=O)NCC(N)=O)[C@@H](C)O[C@H]1O[C@H](CO[C@]2(C(=O)O)C[C@H](O)[C@@H](NC(C)=O)[C@H]([C@H](O)[C@H](O)CO)O2)[C@H](O)[C@H](O)[C@H]1NC(C)=O. The lowest BCUT2D eigenvalue weighted by molar-refractivity contribution is -0.332. The van der Waals surface area contributed by atoms with Gasteiger partial charge >= 0.3 is 5.97 Å². The molecule has 4 aliphatic heterocycles. The number of aliphatic hydroxyl groups excluding tert-OH is 7. The largest absolute Gasteiger partial charge is 0.477 e. The summed E-state index contributed by atoms with van der Waals surface area (Å²) in [5, 5.41) is 107. The number of H-pyrrole nitrogens is 1. The highest BCUT2D eigenvalue weighted by molar-refractivity contribution is 5.98. The highest BCUT2D eigenvalue weighted by atomic mass is 16.7. The van der Waals surface area contributed by atoms with Crippen molar-refractivity contribution in [3.05, 3.63) is 18.2 Å². The summed E-state index contributed by atoms with van der Waals surface area (Å²) in [4.78, 5) is 180. The number of carbonyl (C=O) groups is 13. The van der Waals surface area contributed by atoms with Crippen molar-refractivity contribution in [2.45, 2.75) is 195 Å². The Bertz CT molecular complexity index is 2860.